The van der Waals surface area contributed by atoms with Crippen LogP contribution in [0.25, 0.3) is 5.57 Å². The van der Waals surface area contributed by atoms with Gasteiger partial charge >= 0.3 is 5.97 Å². The van der Waals surface area contributed by atoms with E-state index in [0.717, 1.165) is 29.7 Å². The molecule has 20 heavy (non-hydrogen) atoms. The van der Waals surface area contributed by atoms with E-state index in [1.165, 1.54) is 0 Å². The van der Waals surface area contributed by atoms with Gasteiger partial charge in [-0.15, -0.1) is 0 Å². The lowest BCUT2D eigenvalue weighted by molar-refractivity contribution is -0.138. The maximum absolute atomic E-state index is 12.1. The van der Waals surface area contributed by atoms with Crippen LogP contribution < -0.4 is 5.32 Å². The molecule has 1 heterocycles. The Kier molecular flexibility index (Phi) is 5.46. The number of halogens is 2. The molecule has 108 valence electrons. The fourth-order valence-electron chi connectivity index (χ4n) is 2.26. The number of benzene rings is 1. The van der Waals surface area contributed by atoms with Gasteiger partial charge in [0.15, 0.2) is 0 Å². The van der Waals surface area contributed by atoms with E-state index in [1.54, 1.807) is 12.1 Å². The standard InChI is InChI=1S/C15H17Cl2NO2/c1-2-20-15(19)11-4-3-7-18-9-12(11)10-5-6-13(16)14(17)8-10/h5-6,8,18H,2-4,7,9H2,1H3. The highest BCUT2D eigenvalue weighted by Crippen LogP contribution is 2.29. The Hall–Kier alpha value is -1.03. The summed E-state index contributed by atoms with van der Waals surface area (Å²) < 4.78 is 5.16. The maximum atomic E-state index is 12.1. The second kappa shape index (κ2) is 7.11. The number of carbonyl (C=O) groups excluding carboxylic acids is 1. The van der Waals surface area contributed by atoms with Crippen LogP contribution in [0.15, 0.2) is 23.8 Å². The van der Waals surface area contributed by atoms with E-state index in [9.17, 15) is 4.79 Å². The van der Waals surface area contributed by atoms with Crippen LogP contribution in [0.2, 0.25) is 10.0 Å². The monoisotopic (exact) mass is 313 g/mol. The highest BCUT2D eigenvalue weighted by atomic mass is 35.5. The molecule has 1 N–H and O–H groups in total. The predicted molar refractivity (Wildman–Crippen MR) is 82.1 cm³/mol. The topological polar surface area (TPSA) is 38.3 Å². The fourth-order valence-corrected chi connectivity index (χ4v) is 2.56. The van der Waals surface area contributed by atoms with Crippen LogP contribution in [-0.4, -0.2) is 25.7 Å². The van der Waals surface area contributed by atoms with Gasteiger partial charge in [-0.3, -0.25) is 0 Å². The maximum Gasteiger partial charge on any atom is 0.334 e. The number of carbonyl (C=O) groups is 1. The van der Waals surface area contributed by atoms with Crippen molar-refractivity contribution < 1.29 is 9.53 Å². The van der Waals surface area contributed by atoms with Crippen molar-refractivity contribution in [2.24, 2.45) is 0 Å². The first-order valence-corrected chi connectivity index (χ1v) is 7.44. The molecule has 0 bridgehead atoms. The Morgan fingerprint density at radius 1 is 1.35 bits per heavy atom. The van der Waals surface area contributed by atoms with Crippen LogP contribution in [0.3, 0.4) is 0 Å². The van der Waals surface area contributed by atoms with Gasteiger partial charge < -0.3 is 10.1 Å². The van der Waals surface area contributed by atoms with Crippen molar-refractivity contribution in [2.45, 2.75) is 19.8 Å². The quantitative estimate of drug-likeness (QED) is 0.865. The lowest BCUT2D eigenvalue weighted by Crippen LogP contribution is -2.16. The highest BCUT2D eigenvalue weighted by molar-refractivity contribution is 6.42. The Labute approximate surface area is 128 Å². The van der Waals surface area contributed by atoms with Gasteiger partial charge in [-0.25, -0.2) is 4.79 Å². The van der Waals surface area contributed by atoms with Gasteiger partial charge in [-0.05, 0) is 49.6 Å². The summed E-state index contributed by atoms with van der Waals surface area (Å²) in [6.45, 7) is 3.70. The first-order chi connectivity index (χ1) is 9.63. The van der Waals surface area contributed by atoms with Crippen molar-refractivity contribution in [3.8, 4) is 0 Å². The third kappa shape index (κ3) is 3.54. The lowest BCUT2D eigenvalue weighted by atomic mass is 9.98. The summed E-state index contributed by atoms with van der Waals surface area (Å²) in [4.78, 5) is 12.1. The van der Waals surface area contributed by atoms with E-state index in [1.807, 2.05) is 13.0 Å². The number of esters is 1. The summed E-state index contributed by atoms with van der Waals surface area (Å²) in [7, 11) is 0. The molecule has 0 aromatic heterocycles. The second-order valence-corrected chi connectivity index (χ2v) is 5.40. The summed E-state index contributed by atoms with van der Waals surface area (Å²) >= 11 is 12.0. The average Bonchev–Trinajstić information content (AvgIpc) is 2.68. The van der Waals surface area contributed by atoms with Crippen molar-refractivity contribution in [3.05, 3.63) is 39.4 Å². The zero-order chi connectivity index (χ0) is 14.5. The summed E-state index contributed by atoms with van der Waals surface area (Å²) in [5, 5.41) is 4.31. The van der Waals surface area contributed by atoms with Crippen LogP contribution in [0, 0.1) is 0 Å². The van der Waals surface area contributed by atoms with E-state index >= 15 is 0 Å². The smallest absolute Gasteiger partial charge is 0.334 e. The van der Waals surface area contributed by atoms with Gasteiger partial charge in [0.2, 0.25) is 0 Å². The highest BCUT2D eigenvalue weighted by Gasteiger charge is 2.20. The molecule has 0 amide bonds. The van der Waals surface area contributed by atoms with Crippen molar-refractivity contribution in [2.75, 3.05) is 19.7 Å². The Balaban J connectivity index is 2.44. The molecule has 0 radical (unpaired) electrons. The molecule has 3 nitrogen and oxygen atoms in total. The number of nitrogens with one attached hydrogen (secondary N) is 1. The number of rotatable bonds is 3. The third-order valence-corrected chi connectivity index (χ3v) is 3.98. The lowest BCUT2D eigenvalue weighted by Gasteiger charge is -2.13. The zero-order valence-electron chi connectivity index (χ0n) is 11.3. The van der Waals surface area contributed by atoms with Gasteiger partial charge in [0.25, 0.3) is 0 Å². The Bertz CT molecular complexity index is 541. The Morgan fingerprint density at radius 2 is 2.15 bits per heavy atom. The van der Waals surface area contributed by atoms with Crippen LogP contribution in [0.5, 0.6) is 0 Å². The minimum Gasteiger partial charge on any atom is -0.463 e. The van der Waals surface area contributed by atoms with Crippen LogP contribution >= 0.6 is 23.2 Å². The number of hydrogen-bond acceptors (Lipinski definition) is 3. The van der Waals surface area contributed by atoms with Crippen LogP contribution in [-0.2, 0) is 9.53 Å². The summed E-state index contributed by atoms with van der Waals surface area (Å²) in [6.07, 6.45) is 1.63. The van der Waals surface area contributed by atoms with E-state index in [-0.39, 0.29) is 5.97 Å². The first-order valence-electron chi connectivity index (χ1n) is 6.68. The minimum absolute atomic E-state index is 0.239. The molecule has 1 aromatic rings. The molecule has 1 aliphatic heterocycles. The molecule has 2 rings (SSSR count). The van der Waals surface area contributed by atoms with Gasteiger partial charge in [-0.1, -0.05) is 29.3 Å². The summed E-state index contributed by atoms with van der Waals surface area (Å²) in [6, 6.07) is 5.43. The molecule has 1 aromatic carbocycles. The molecule has 0 fully saturated rings. The fraction of sp³-hybridized carbons (Fsp3) is 0.400. The van der Waals surface area contributed by atoms with E-state index in [2.05, 4.69) is 5.32 Å². The first kappa shape index (κ1) is 15.4. The number of hydrogen-bond donors (Lipinski definition) is 1. The molecular weight excluding hydrogens is 297 g/mol. The molecule has 0 unspecified atom stereocenters. The van der Waals surface area contributed by atoms with Gasteiger partial charge in [0, 0.05) is 12.1 Å². The molecule has 0 saturated carbocycles. The van der Waals surface area contributed by atoms with Gasteiger partial charge in [-0.2, -0.15) is 0 Å². The second-order valence-electron chi connectivity index (χ2n) is 4.59. The molecule has 5 heteroatoms. The van der Waals surface area contributed by atoms with Gasteiger partial charge in [0.1, 0.15) is 0 Å². The van der Waals surface area contributed by atoms with Crippen molar-refractivity contribution in [3.63, 3.8) is 0 Å². The minimum atomic E-state index is -0.239. The zero-order valence-corrected chi connectivity index (χ0v) is 12.9. The van der Waals surface area contributed by atoms with E-state index in [4.69, 9.17) is 27.9 Å². The van der Waals surface area contributed by atoms with Gasteiger partial charge in [0.05, 0.1) is 16.7 Å². The van der Waals surface area contributed by atoms with Crippen LogP contribution in [0.1, 0.15) is 25.3 Å². The molecule has 0 atom stereocenters. The van der Waals surface area contributed by atoms with Crippen LogP contribution in [0.4, 0.5) is 0 Å². The summed E-state index contributed by atoms with van der Waals surface area (Å²) in [5.41, 5.74) is 2.59. The van der Waals surface area contributed by atoms with Crippen molar-refractivity contribution in [1.29, 1.82) is 0 Å². The third-order valence-electron chi connectivity index (χ3n) is 3.24. The molecule has 0 spiro atoms. The largest absolute Gasteiger partial charge is 0.463 e. The number of ether oxygens (including phenoxy) is 1. The van der Waals surface area contributed by atoms with E-state index in [0.29, 0.717) is 29.6 Å². The predicted octanol–water partition coefficient (Wildman–Crippen LogP) is 3.69. The SMILES string of the molecule is CCOC(=O)C1=C(c2ccc(Cl)c(Cl)c2)CNCCC1. The molecule has 0 saturated heterocycles. The van der Waals surface area contributed by atoms with Crippen molar-refractivity contribution in [1.82, 2.24) is 5.32 Å². The Morgan fingerprint density at radius 3 is 2.85 bits per heavy atom. The average molecular weight is 314 g/mol. The normalized spacial score (nSPS) is 15.9. The molecule has 0 aliphatic carbocycles. The molecular formula is C15H17Cl2NO2. The summed E-state index contributed by atoms with van der Waals surface area (Å²) in [5.74, 6) is -0.239. The van der Waals surface area contributed by atoms with E-state index < -0.39 is 0 Å². The van der Waals surface area contributed by atoms with Crippen molar-refractivity contribution >= 4 is 34.7 Å². The molecule has 1 aliphatic rings.